The maximum absolute atomic E-state index is 12.6. The van der Waals surface area contributed by atoms with Gasteiger partial charge in [-0.05, 0) is 44.0 Å². The van der Waals surface area contributed by atoms with Crippen molar-refractivity contribution in [3.05, 3.63) is 64.7 Å². The molecule has 5 nitrogen and oxygen atoms in total. The minimum Gasteiger partial charge on any atom is -0.345 e. The molecule has 24 heavy (non-hydrogen) atoms. The molecule has 2 aromatic carbocycles. The van der Waals surface area contributed by atoms with Gasteiger partial charge in [-0.2, -0.15) is 0 Å². The molecule has 0 bridgehead atoms. The largest absolute Gasteiger partial charge is 0.345 e. The summed E-state index contributed by atoms with van der Waals surface area (Å²) in [6, 6.07) is 12.4. The first-order valence-corrected chi connectivity index (χ1v) is 9.51. The summed E-state index contributed by atoms with van der Waals surface area (Å²) in [4.78, 5) is 12.6. The molecule has 0 aliphatic heterocycles. The summed E-state index contributed by atoms with van der Waals surface area (Å²) in [5.74, 6) is -0.325. The normalized spacial score (nSPS) is 12.5. The van der Waals surface area contributed by atoms with Gasteiger partial charge in [0.2, 0.25) is 10.0 Å². The van der Waals surface area contributed by atoms with Crippen LogP contribution in [0.1, 0.15) is 40.0 Å². The van der Waals surface area contributed by atoms with Crippen LogP contribution in [0, 0.1) is 13.8 Å². The number of hydrogen-bond acceptors (Lipinski definition) is 3. The predicted molar refractivity (Wildman–Crippen MR) is 96.7 cm³/mol. The van der Waals surface area contributed by atoms with E-state index >= 15 is 0 Å². The molecule has 0 saturated heterocycles. The second-order valence-electron chi connectivity index (χ2n) is 5.98. The Morgan fingerprint density at radius 3 is 2.38 bits per heavy atom. The lowest BCUT2D eigenvalue weighted by molar-refractivity contribution is 0.0940. The third kappa shape index (κ3) is 4.58. The van der Waals surface area contributed by atoms with E-state index < -0.39 is 10.0 Å². The first kappa shape index (κ1) is 18.0. The van der Waals surface area contributed by atoms with Crippen molar-refractivity contribution in [2.24, 2.45) is 0 Å². The van der Waals surface area contributed by atoms with Crippen LogP contribution in [-0.2, 0) is 10.0 Å². The molecule has 1 amide bonds. The summed E-state index contributed by atoms with van der Waals surface area (Å²) >= 11 is 0. The molecule has 0 heterocycles. The lowest BCUT2D eigenvalue weighted by Crippen LogP contribution is -2.28. The Labute approximate surface area is 143 Å². The molecule has 0 radical (unpaired) electrons. The highest BCUT2D eigenvalue weighted by Crippen LogP contribution is 2.21. The molecule has 2 N–H and O–H groups in total. The third-order valence-corrected chi connectivity index (χ3v) is 4.30. The Kier molecular flexibility index (Phi) is 5.29. The number of sulfonamides is 1. The van der Waals surface area contributed by atoms with E-state index in [2.05, 4.69) is 16.1 Å². The number of hydrogen-bond donors (Lipinski definition) is 2. The van der Waals surface area contributed by atoms with Crippen LogP contribution < -0.4 is 10.0 Å². The molecule has 1 atom stereocenters. The third-order valence-electron chi connectivity index (χ3n) is 3.71. The monoisotopic (exact) mass is 346 g/mol. The first-order chi connectivity index (χ1) is 11.2. The number of carbonyl (C=O) groups excluding carboxylic acids is 1. The second kappa shape index (κ2) is 7.05. The summed E-state index contributed by atoms with van der Waals surface area (Å²) in [6.45, 7) is 5.93. The van der Waals surface area contributed by atoms with Gasteiger partial charge in [-0.15, -0.1) is 0 Å². The van der Waals surface area contributed by atoms with E-state index in [9.17, 15) is 13.2 Å². The highest BCUT2D eigenvalue weighted by Gasteiger charge is 2.17. The highest BCUT2D eigenvalue weighted by atomic mass is 32.2. The number of para-hydroxylation sites is 1. The van der Waals surface area contributed by atoms with Crippen LogP contribution in [0.3, 0.4) is 0 Å². The number of benzene rings is 2. The van der Waals surface area contributed by atoms with E-state index in [0.717, 1.165) is 22.9 Å². The summed E-state index contributed by atoms with van der Waals surface area (Å²) < 4.78 is 25.3. The minimum atomic E-state index is -3.46. The maximum Gasteiger partial charge on any atom is 0.253 e. The van der Waals surface area contributed by atoms with Gasteiger partial charge in [0.25, 0.3) is 5.91 Å². The van der Waals surface area contributed by atoms with Crippen LogP contribution in [0.5, 0.6) is 0 Å². The minimum absolute atomic E-state index is 0.190. The molecule has 0 aliphatic rings. The number of nitrogens with one attached hydrogen (secondary N) is 2. The van der Waals surface area contributed by atoms with Gasteiger partial charge in [0, 0.05) is 0 Å². The molecule has 1 unspecified atom stereocenters. The second-order valence-corrected chi connectivity index (χ2v) is 7.72. The van der Waals surface area contributed by atoms with E-state index in [4.69, 9.17) is 0 Å². The topological polar surface area (TPSA) is 75.3 Å². The van der Waals surface area contributed by atoms with Crippen LogP contribution >= 0.6 is 0 Å². The van der Waals surface area contributed by atoms with Crippen molar-refractivity contribution < 1.29 is 13.2 Å². The van der Waals surface area contributed by atoms with Gasteiger partial charge < -0.3 is 5.32 Å². The van der Waals surface area contributed by atoms with Gasteiger partial charge in [0.1, 0.15) is 0 Å². The molecule has 0 aromatic heterocycles. The van der Waals surface area contributed by atoms with E-state index in [0.29, 0.717) is 5.56 Å². The Hall–Kier alpha value is -2.34. The molecule has 0 fully saturated rings. The SMILES string of the molecule is Cc1ccc(C(C)NC(=O)c2ccccc2NS(C)(=O)=O)c(C)c1. The van der Waals surface area contributed by atoms with Crippen molar-refractivity contribution in [1.82, 2.24) is 5.32 Å². The molecule has 128 valence electrons. The number of anilines is 1. The molecule has 2 aromatic rings. The van der Waals surface area contributed by atoms with Crippen LogP contribution in [0.15, 0.2) is 42.5 Å². The Balaban J connectivity index is 2.24. The van der Waals surface area contributed by atoms with E-state index in [1.165, 1.54) is 0 Å². The molecular weight excluding hydrogens is 324 g/mol. The molecule has 0 saturated carbocycles. The maximum atomic E-state index is 12.6. The number of carbonyl (C=O) groups is 1. The van der Waals surface area contributed by atoms with Crippen molar-refractivity contribution in [3.8, 4) is 0 Å². The van der Waals surface area contributed by atoms with Crippen molar-refractivity contribution >= 4 is 21.6 Å². The number of rotatable bonds is 5. The van der Waals surface area contributed by atoms with Crippen LogP contribution in [0.4, 0.5) is 5.69 Å². The fourth-order valence-electron chi connectivity index (χ4n) is 2.63. The quantitative estimate of drug-likeness (QED) is 0.873. The zero-order chi connectivity index (χ0) is 17.9. The van der Waals surface area contributed by atoms with Crippen LogP contribution in [0.25, 0.3) is 0 Å². The molecule has 6 heteroatoms. The lowest BCUT2D eigenvalue weighted by Gasteiger charge is -2.18. The van der Waals surface area contributed by atoms with Crippen molar-refractivity contribution in [2.45, 2.75) is 26.8 Å². The molecule has 0 aliphatic carbocycles. The Morgan fingerprint density at radius 1 is 1.08 bits per heavy atom. The van der Waals surface area contributed by atoms with E-state index in [-0.39, 0.29) is 17.6 Å². The average molecular weight is 346 g/mol. The molecule has 0 spiro atoms. The lowest BCUT2D eigenvalue weighted by atomic mass is 10.00. The summed E-state index contributed by atoms with van der Waals surface area (Å²) in [5, 5.41) is 2.93. The first-order valence-electron chi connectivity index (χ1n) is 7.62. The number of amides is 1. The zero-order valence-corrected chi connectivity index (χ0v) is 15.1. The smallest absolute Gasteiger partial charge is 0.253 e. The predicted octanol–water partition coefficient (Wildman–Crippen LogP) is 3.17. The molecule has 2 rings (SSSR count). The highest BCUT2D eigenvalue weighted by molar-refractivity contribution is 7.92. The van der Waals surface area contributed by atoms with Gasteiger partial charge in [0.15, 0.2) is 0 Å². The summed E-state index contributed by atoms with van der Waals surface area (Å²) in [6.07, 6.45) is 1.06. The van der Waals surface area contributed by atoms with Gasteiger partial charge >= 0.3 is 0 Å². The molecular formula is C18H22N2O3S. The van der Waals surface area contributed by atoms with E-state index in [1.807, 2.05) is 32.9 Å². The Bertz CT molecular complexity index is 860. The van der Waals surface area contributed by atoms with Gasteiger partial charge in [-0.1, -0.05) is 35.9 Å². The summed E-state index contributed by atoms with van der Waals surface area (Å²) in [7, 11) is -3.46. The Morgan fingerprint density at radius 2 is 1.75 bits per heavy atom. The standard InChI is InChI=1S/C18H22N2O3S/c1-12-9-10-15(13(2)11-12)14(3)19-18(21)16-7-5-6-8-17(16)20-24(4,22)23/h5-11,14,20H,1-4H3,(H,19,21). The van der Waals surface area contributed by atoms with Crippen molar-refractivity contribution in [1.29, 1.82) is 0 Å². The number of aryl methyl sites for hydroxylation is 2. The van der Waals surface area contributed by atoms with Crippen molar-refractivity contribution in [3.63, 3.8) is 0 Å². The van der Waals surface area contributed by atoms with Crippen molar-refractivity contribution in [2.75, 3.05) is 11.0 Å². The van der Waals surface area contributed by atoms with Crippen LogP contribution in [0.2, 0.25) is 0 Å². The van der Waals surface area contributed by atoms with Gasteiger partial charge in [0.05, 0.1) is 23.5 Å². The van der Waals surface area contributed by atoms with Gasteiger partial charge in [-0.25, -0.2) is 8.42 Å². The fourth-order valence-corrected chi connectivity index (χ4v) is 3.21. The van der Waals surface area contributed by atoms with Crippen LogP contribution in [-0.4, -0.2) is 20.6 Å². The van der Waals surface area contributed by atoms with Gasteiger partial charge in [-0.3, -0.25) is 9.52 Å². The van der Waals surface area contributed by atoms with E-state index in [1.54, 1.807) is 24.3 Å². The fraction of sp³-hybridized carbons (Fsp3) is 0.278. The summed E-state index contributed by atoms with van der Waals surface area (Å²) in [5.41, 5.74) is 3.86. The zero-order valence-electron chi connectivity index (χ0n) is 14.3. The average Bonchev–Trinajstić information content (AvgIpc) is 2.45.